The quantitative estimate of drug-likeness (QED) is 0.893. The van der Waals surface area contributed by atoms with E-state index in [1.807, 2.05) is 25.1 Å². The summed E-state index contributed by atoms with van der Waals surface area (Å²) >= 11 is 0. The van der Waals surface area contributed by atoms with Crippen molar-refractivity contribution in [3.8, 4) is 0 Å². The van der Waals surface area contributed by atoms with E-state index >= 15 is 0 Å². The largest absolute Gasteiger partial charge is 0.310 e. The van der Waals surface area contributed by atoms with Crippen LogP contribution in [0, 0.1) is 0 Å². The standard InChI is InChI=1S/C14H22N2O3S/c1-12-10-14(8-9-16(12)19-20(2,17)18)15-11-13-6-4-3-5-7-13/h3-7,12,14-15H,8-11H2,1-2H3. The molecule has 2 unspecified atom stereocenters. The minimum absolute atomic E-state index is 0.0896. The van der Waals surface area contributed by atoms with Crippen LogP contribution in [0.1, 0.15) is 25.3 Å². The van der Waals surface area contributed by atoms with E-state index in [1.165, 1.54) is 5.56 Å². The summed E-state index contributed by atoms with van der Waals surface area (Å²) in [7, 11) is -3.42. The van der Waals surface area contributed by atoms with Crippen LogP contribution in [0.15, 0.2) is 30.3 Å². The lowest BCUT2D eigenvalue weighted by Gasteiger charge is -2.35. The molecule has 1 heterocycles. The molecule has 0 amide bonds. The molecule has 0 spiro atoms. The molecule has 112 valence electrons. The highest BCUT2D eigenvalue weighted by atomic mass is 32.2. The van der Waals surface area contributed by atoms with Gasteiger partial charge in [-0.15, -0.1) is 0 Å². The van der Waals surface area contributed by atoms with Gasteiger partial charge < -0.3 is 5.32 Å². The second-order valence-electron chi connectivity index (χ2n) is 5.36. The van der Waals surface area contributed by atoms with Crippen LogP contribution in [0.3, 0.4) is 0 Å². The Balaban J connectivity index is 1.80. The van der Waals surface area contributed by atoms with Crippen molar-refractivity contribution < 1.29 is 12.7 Å². The van der Waals surface area contributed by atoms with Gasteiger partial charge >= 0.3 is 0 Å². The van der Waals surface area contributed by atoms with Gasteiger partial charge in [0.2, 0.25) is 0 Å². The van der Waals surface area contributed by atoms with E-state index in [-0.39, 0.29) is 6.04 Å². The van der Waals surface area contributed by atoms with Crippen LogP contribution in [0.5, 0.6) is 0 Å². The van der Waals surface area contributed by atoms with Crippen molar-refractivity contribution in [2.75, 3.05) is 12.8 Å². The summed E-state index contributed by atoms with van der Waals surface area (Å²) in [4.78, 5) is 0. The minimum Gasteiger partial charge on any atom is -0.310 e. The van der Waals surface area contributed by atoms with Gasteiger partial charge in [0.05, 0.1) is 6.26 Å². The molecule has 0 radical (unpaired) electrons. The zero-order valence-corrected chi connectivity index (χ0v) is 12.8. The molecule has 2 rings (SSSR count). The Bertz CT molecular complexity index is 518. The van der Waals surface area contributed by atoms with Crippen LogP contribution in [-0.2, 0) is 20.9 Å². The molecule has 2 atom stereocenters. The Hall–Kier alpha value is -0.950. The zero-order chi connectivity index (χ0) is 14.6. The summed E-state index contributed by atoms with van der Waals surface area (Å²) in [5, 5.41) is 5.09. The first-order valence-corrected chi connectivity index (χ1v) is 8.69. The van der Waals surface area contributed by atoms with Crippen molar-refractivity contribution in [3.63, 3.8) is 0 Å². The van der Waals surface area contributed by atoms with E-state index < -0.39 is 10.1 Å². The fourth-order valence-corrected chi connectivity index (χ4v) is 3.05. The summed E-state index contributed by atoms with van der Waals surface area (Å²) in [5.41, 5.74) is 1.26. The lowest BCUT2D eigenvalue weighted by molar-refractivity contribution is -0.105. The summed E-state index contributed by atoms with van der Waals surface area (Å²) < 4.78 is 27.3. The summed E-state index contributed by atoms with van der Waals surface area (Å²) in [6.07, 6.45) is 2.84. The summed E-state index contributed by atoms with van der Waals surface area (Å²) in [5.74, 6) is 0. The Labute approximate surface area is 121 Å². The molecule has 1 saturated heterocycles. The van der Waals surface area contributed by atoms with E-state index in [1.54, 1.807) is 5.06 Å². The van der Waals surface area contributed by atoms with E-state index in [0.29, 0.717) is 12.6 Å². The van der Waals surface area contributed by atoms with Gasteiger partial charge in [0.25, 0.3) is 10.1 Å². The Kier molecular flexibility index (Phi) is 5.15. The zero-order valence-electron chi connectivity index (χ0n) is 12.0. The predicted molar refractivity (Wildman–Crippen MR) is 78.4 cm³/mol. The highest BCUT2D eigenvalue weighted by Crippen LogP contribution is 2.19. The molecule has 1 aromatic carbocycles. The van der Waals surface area contributed by atoms with Gasteiger partial charge in [-0.25, -0.2) is 0 Å². The summed E-state index contributed by atoms with van der Waals surface area (Å²) in [6.45, 7) is 3.45. The first-order valence-electron chi connectivity index (χ1n) is 6.87. The molecule has 6 heteroatoms. The molecule has 0 aromatic heterocycles. The number of hydrogen-bond donors (Lipinski definition) is 1. The maximum absolute atomic E-state index is 11.2. The van der Waals surface area contributed by atoms with Gasteiger partial charge in [-0.1, -0.05) is 30.3 Å². The number of benzene rings is 1. The number of nitrogens with zero attached hydrogens (tertiary/aromatic N) is 1. The lowest BCUT2D eigenvalue weighted by atomic mass is 10.00. The third kappa shape index (κ3) is 4.86. The maximum atomic E-state index is 11.2. The monoisotopic (exact) mass is 298 g/mol. The van der Waals surface area contributed by atoms with Crippen molar-refractivity contribution >= 4 is 10.1 Å². The molecule has 1 aliphatic heterocycles. The SMILES string of the molecule is CC1CC(NCc2ccccc2)CCN1OS(C)(=O)=O. The lowest BCUT2D eigenvalue weighted by Crippen LogP contribution is -2.47. The normalized spacial score (nSPS) is 24.7. The van der Waals surface area contributed by atoms with Gasteiger partial charge in [-0.2, -0.15) is 17.8 Å². The number of piperidine rings is 1. The molecular formula is C14H22N2O3S. The highest BCUT2D eigenvalue weighted by Gasteiger charge is 2.28. The Morgan fingerprint density at radius 1 is 1.35 bits per heavy atom. The smallest absolute Gasteiger partial charge is 0.280 e. The van der Waals surface area contributed by atoms with Gasteiger partial charge in [0.1, 0.15) is 0 Å². The average molecular weight is 298 g/mol. The fraction of sp³-hybridized carbons (Fsp3) is 0.571. The topological polar surface area (TPSA) is 58.6 Å². The second kappa shape index (κ2) is 6.67. The maximum Gasteiger partial charge on any atom is 0.280 e. The van der Waals surface area contributed by atoms with E-state index in [2.05, 4.69) is 17.4 Å². The molecule has 1 fully saturated rings. The van der Waals surface area contributed by atoms with Crippen LogP contribution >= 0.6 is 0 Å². The molecule has 0 bridgehead atoms. The Morgan fingerprint density at radius 3 is 2.65 bits per heavy atom. The van der Waals surface area contributed by atoms with Gasteiger partial charge in [0.15, 0.2) is 0 Å². The van der Waals surface area contributed by atoms with E-state index in [9.17, 15) is 8.42 Å². The third-order valence-electron chi connectivity index (χ3n) is 3.48. The van der Waals surface area contributed by atoms with Crippen molar-refractivity contribution in [3.05, 3.63) is 35.9 Å². The fourth-order valence-electron chi connectivity index (χ4n) is 2.48. The molecule has 0 aliphatic carbocycles. The van der Waals surface area contributed by atoms with Crippen LogP contribution < -0.4 is 5.32 Å². The van der Waals surface area contributed by atoms with Gasteiger partial charge in [-0.05, 0) is 25.3 Å². The van der Waals surface area contributed by atoms with Crippen molar-refractivity contribution in [1.82, 2.24) is 10.4 Å². The average Bonchev–Trinajstić information content (AvgIpc) is 2.39. The molecule has 0 saturated carbocycles. The van der Waals surface area contributed by atoms with Crippen LogP contribution in [0.25, 0.3) is 0 Å². The molecule has 5 nitrogen and oxygen atoms in total. The summed E-state index contributed by atoms with van der Waals surface area (Å²) in [6, 6.07) is 10.7. The molecule has 1 aliphatic rings. The van der Waals surface area contributed by atoms with E-state index in [4.69, 9.17) is 4.28 Å². The highest BCUT2D eigenvalue weighted by molar-refractivity contribution is 7.85. The minimum atomic E-state index is -3.42. The van der Waals surface area contributed by atoms with Crippen molar-refractivity contribution in [1.29, 1.82) is 0 Å². The number of nitrogens with one attached hydrogen (secondary N) is 1. The number of rotatable bonds is 5. The first-order chi connectivity index (χ1) is 9.44. The second-order valence-corrected chi connectivity index (χ2v) is 6.91. The number of hydroxylamine groups is 2. The molecule has 20 heavy (non-hydrogen) atoms. The van der Waals surface area contributed by atoms with E-state index in [0.717, 1.165) is 25.6 Å². The Morgan fingerprint density at radius 2 is 2.05 bits per heavy atom. The molecule has 1 N–H and O–H groups in total. The van der Waals surface area contributed by atoms with Crippen molar-refractivity contribution in [2.24, 2.45) is 0 Å². The van der Waals surface area contributed by atoms with Crippen molar-refractivity contribution in [2.45, 2.75) is 38.4 Å². The predicted octanol–water partition coefficient (Wildman–Crippen LogP) is 1.52. The van der Waals surface area contributed by atoms with Gasteiger partial charge in [-0.3, -0.25) is 0 Å². The third-order valence-corrected chi connectivity index (χ3v) is 3.95. The van der Waals surface area contributed by atoms with Crippen LogP contribution in [0.2, 0.25) is 0 Å². The van der Waals surface area contributed by atoms with Crippen LogP contribution in [-0.4, -0.2) is 38.4 Å². The molecular weight excluding hydrogens is 276 g/mol. The molecule has 1 aromatic rings. The van der Waals surface area contributed by atoms with Gasteiger partial charge in [0, 0.05) is 25.2 Å². The van der Waals surface area contributed by atoms with Crippen LogP contribution in [0.4, 0.5) is 0 Å². The first kappa shape index (κ1) is 15.4. The number of hydrogen-bond acceptors (Lipinski definition) is 5.